The van der Waals surface area contributed by atoms with Gasteiger partial charge in [0.1, 0.15) is 71.2 Å². The summed E-state index contributed by atoms with van der Waals surface area (Å²) in [5.41, 5.74) is -16.3. The van der Waals surface area contributed by atoms with Crippen LogP contribution in [0.3, 0.4) is 0 Å². The molecular formula is C86H106N2O28. The number of hydrogen-bond donors (Lipinski definition) is 10. The Morgan fingerprint density at radius 2 is 0.776 bits per heavy atom. The highest BCUT2D eigenvalue weighted by atomic mass is 16.7. The highest BCUT2D eigenvalue weighted by Gasteiger charge is 2.80. The van der Waals surface area contributed by atoms with E-state index < -0.39 is 225 Å². The molecule has 6 aliphatic carbocycles. The van der Waals surface area contributed by atoms with Crippen molar-refractivity contribution in [1.29, 1.82) is 0 Å². The molecule has 116 heavy (non-hydrogen) atoms. The van der Waals surface area contributed by atoms with Crippen molar-refractivity contribution in [3.63, 3.8) is 0 Å². The summed E-state index contributed by atoms with van der Waals surface area (Å²) < 4.78 is 59.0. The van der Waals surface area contributed by atoms with Gasteiger partial charge in [-0.2, -0.15) is 0 Å². The molecule has 0 radical (unpaired) electrons. The van der Waals surface area contributed by atoms with E-state index in [9.17, 15) is 88.8 Å². The predicted octanol–water partition coefficient (Wildman–Crippen LogP) is 6.52. The quantitative estimate of drug-likeness (QED) is 0.0324. The van der Waals surface area contributed by atoms with Gasteiger partial charge in [0.15, 0.2) is 35.0 Å². The average Bonchev–Trinajstić information content (AvgIpc) is 0.673. The minimum atomic E-state index is -2.35. The van der Waals surface area contributed by atoms with Crippen molar-refractivity contribution in [2.24, 2.45) is 33.5 Å². The maximum Gasteiger partial charge on any atom is 0.408 e. The number of esters is 6. The Morgan fingerprint density at radius 1 is 0.474 bits per heavy atom. The topological polar surface area (TPSA) is 449 Å². The van der Waals surface area contributed by atoms with Gasteiger partial charge in [0.2, 0.25) is 0 Å². The first-order valence-electron chi connectivity index (χ1n) is 38.7. The molecule has 12 rings (SSSR count). The molecule has 0 aromatic heterocycles. The lowest BCUT2D eigenvalue weighted by Gasteiger charge is -2.67. The highest BCUT2D eigenvalue weighted by molar-refractivity contribution is 5.96. The fraction of sp³-hybridized carbons (Fsp3) is 0.558. The van der Waals surface area contributed by atoms with Crippen LogP contribution in [0.25, 0.3) is 0 Å². The van der Waals surface area contributed by atoms with Gasteiger partial charge in [-0.05, 0) is 127 Å². The highest BCUT2D eigenvalue weighted by Crippen LogP contribution is 2.67. The number of hydrogen-bond acceptors (Lipinski definition) is 28. The molecule has 628 valence electrons. The minimum Gasteiger partial charge on any atom is -0.456 e. The van der Waals surface area contributed by atoms with Crippen LogP contribution in [-0.4, -0.2) is 220 Å². The van der Waals surface area contributed by atoms with Crippen molar-refractivity contribution in [3.8, 4) is 0 Å². The third-order valence-corrected chi connectivity index (χ3v) is 25.1. The third kappa shape index (κ3) is 15.4. The van der Waals surface area contributed by atoms with Crippen LogP contribution in [0.1, 0.15) is 180 Å². The van der Waals surface area contributed by atoms with E-state index in [1.165, 1.54) is 52.0 Å². The Balaban J connectivity index is 0.000000228. The molecule has 30 nitrogen and oxygen atoms in total. The zero-order chi connectivity index (χ0) is 85.5. The van der Waals surface area contributed by atoms with Crippen LogP contribution in [-0.2, 0) is 76.1 Å². The summed E-state index contributed by atoms with van der Waals surface area (Å²) >= 11 is 0. The number of Topliss-reactive ketones (excluding diaryl/α,β-unsaturated/α-hetero) is 2. The summed E-state index contributed by atoms with van der Waals surface area (Å²) in [7, 11) is 0. The summed E-state index contributed by atoms with van der Waals surface area (Å²) in [6, 6.07) is 29.3. The molecular weight excluding hydrogens is 1510 g/mol. The molecule has 2 saturated heterocycles. The molecule has 4 bridgehead atoms. The maximum absolute atomic E-state index is 14.9. The fourth-order valence-electron chi connectivity index (χ4n) is 19.1. The first-order valence-corrected chi connectivity index (χ1v) is 38.7. The Morgan fingerprint density at radius 3 is 1.05 bits per heavy atom. The molecule has 2 unspecified atom stereocenters. The number of carbonyl (C=O) groups excluding carboxylic acids is 10. The van der Waals surface area contributed by atoms with Gasteiger partial charge in [0, 0.05) is 50.4 Å². The number of fused-ring (bicyclic) bond motifs is 10. The fourth-order valence-corrected chi connectivity index (χ4v) is 19.1. The smallest absolute Gasteiger partial charge is 0.408 e. The van der Waals surface area contributed by atoms with Crippen LogP contribution in [0.4, 0.5) is 9.59 Å². The van der Waals surface area contributed by atoms with Crippen LogP contribution in [0.5, 0.6) is 0 Å². The lowest BCUT2D eigenvalue weighted by atomic mass is 9.44. The monoisotopic (exact) mass is 1610 g/mol. The number of rotatable bonds is 16. The Hall–Kier alpha value is -9.34. The van der Waals surface area contributed by atoms with Gasteiger partial charge < -0.3 is 98.9 Å². The number of amides is 2. The molecule has 0 spiro atoms. The minimum absolute atomic E-state index is 0.0637. The molecule has 30 heteroatoms. The Kier molecular flexibility index (Phi) is 24.0. The van der Waals surface area contributed by atoms with Crippen LogP contribution in [0, 0.1) is 33.5 Å². The van der Waals surface area contributed by atoms with Gasteiger partial charge in [0.05, 0.1) is 71.3 Å². The summed E-state index contributed by atoms with van der Waals surface area (Å²) in [6.07, 6.45) is -23.0. The van der Waals surface area contributed by atoms with Crippen LogP contribution in [0.2, 0.25) is 0 Å². The van der Waals surface area contributed by atoms with E-state index in [-0.39, 0.29) is 59.5 Å². The van der Waals surface area contributed by atoms with Gasteiger partial charge in [-0.25, -0.2) is 28.8 Å². The Bertz CT molecular complexity index is 4240. The van der Waals surface area contributed by atoms with Crippen molar-refractivity contribution in [1.82, 2.24) is 10.6 Å². The Labute approximate surface area is 671 Å². The van der Waals surface area contributed by atoms with Gasteiger partial charge in [-0.1, -0.05) is 125 Å². The van der Waals surface area contributed by atoms with E-state index >= 15 is 0 Å². The van der Waals surface area contributed by atoms with Crippen molar-refractivity contribution in [2.75, 3.05) is 13.2 Å². The van der Waals surface area contributed by atoms with Gasteiger partial charge in [-0.15, -0.1) is 0 Å². The van der Waals surface area contributed by atoms with Crippen molar-refractivity contribution in [3.05, 3.63) is 166 Å². The van der Waals surface area contributed by atoms with E-state index in [1.54, 1.807) is 166 Å². The summed E-state index contributed by atoms with van der Waals surface area (Å²) in [4.78, 5) is 138. The van der Waals surface area contributed by atoms with E-state index in [0.717, 1.165) is 13.8 Å². The molecule has 8 aliphatic rings. The standard InChI is InChI=1S/2C43H53NO14/c2*1-22-26(55-37(51)32(48)30(24-15-11-9-12-16-24)44-38(52)58-39(3,4)5)20-43(53)35(56-36(50)25-17-13-10-14-18-25)33-41(8,34(49)31(47)29(22)40(43,6)7)27(46)19-28-42(33,21-54-28)57-23(2)45/h2*9-18,26-28,30-33,35,46-48,53H,19-21H2,1-8H3,(H,44,52)/t2*26-,27-,28+,30-,31+,32?,33-,35-,41+,42-,43+/m00/s1. The molecule has 2 heterocycles. The summed E-state index contributed by atoms with van der Waals surface area (Å²) in [5.74, 6) is -10.7. The first kappa shape index (κ1) is 87.5. The summed E-state index contributed by atoms with van der Waals surface area (Å²) in [5, 5.41) is 103. The van der Waals surface area contributed by atoms with E-state index in [1.807, 2.05) is 0 Å². The van der Waals surface area contributed by atoms with Gasteiger partial charge in [-0.3, -0.25) is 19.2 Å². The molecule has 2 aliphatic heterocycles. The lowest BCUT2D eigenvalue weighted by molar-refractivity contribution is -0.346. The van der Waals surface area contributed by atoms with E-state index in [4.69, 9.17) is 47.4 Å². The number of carbonyl (C=O) groups is 10. The summed E-state index contributed by atoms with van der Waals surface area (Å²) in [6.45, 7) is 23.6. The molecule has 22 atom stereocenters. The van der Waals surface area contributed by atoms with Gasteiger partial charge >= 0.3 is 48.0 Å². The van der Waals surface area contributed by atoms with Crippen LogP contribution >= 0.6 is 0 Å². The largest absolute Gasteiger partial charge is 0.456 e. The van der Waals surface area contributed by atoms with Crippen molar-refractivity contribution in [2.45, 2.75) is 255 Å². The molecule has 10 N–H and O–H groups in total. The second-order valence-electron chi connectivity index (χ2n) is 35.1. The zero-order valence-corrected chi connectivity index (χ0v) is 67.8. The first-order chi connectivity index (χ1) is 54.0. The molecule has 4 saturated carbocycles. The average molecular weight is 1620 g/mol. The van der Waals surface area contributed by atoms with Gasteiger partial charge in [0.25, 0.3) is 0 Å². The number of benzene rings is 4. The predicted molar refractivity (Wildman–Crippen MR) is 407 cm³/mol. The van der Waals surface area contributed by atoms with Crippen LogP contribution < -0.4 is 10.6 Å². The zero-order valence-electron chi connectivity index (χ0n) is 67.8. The number of ketones is 2. The second kappa shape index (κ2) is 31.8. The van der Waals surface area contributed by atoms with Crippen molar-refractivity contribution >= 4 is 59.6 Å². The number of aliphatic hydroxyl groups excluding tert-OH is 6. The molecule has 6 fully saturated rings. The van der Waals surface area contributed by atoms with E-state index in [0.29, 0.717) is 11.1 Å². The lowest BCUT2D eigenvalue weighted by Crippen LogP contribution is -2.81. The molecule has 4 aromatic carbocycles. The maximum atomic E-state index is 14.9. The van der Waals surface area contributed by atoms with Crippen molar-refractivity contribution < 1.29 is 136 Å². The number of alkyl carbamates (subject to hydrolysis) is 2. The number of aliphatic hydroxyl groups is 8. The normalized spacial score (nSPS) is 33.7. The molecule has 4 aromatic rings. The third-order valence-electron chi connectivity index (χ3n) is 25.1. The van der Waals surface area contributed by atoms with E-state index in [2.05, 4.69) is 10.6 Å². The SMILES string of the molecule is CC(=O)O[C@@]12CO[C@@H]1C[C@H](O)[C@@]1(C)C(=O)[C@H](O)C3=C(C)[C@@H](OC(=O)C(O)[C@@H](NC(=O)OC(C)(C)C)c4ccccc4)C[C@@](O)([C@@H](OC(=O)c4ccccc4)[C@H]21)C3(C)C.CC(=O)O[C@@]12CO[C@@H]1C[C@H](O)[C@@]1(C)C(=O)[C@H](O)C3=C(C)[C@@H](OC(=O)C(O)[C@@H](NC(=O)OC(C)(C)C)c4ccccc4)C[C@@](O)([C@@H](OC(=O)c4ccccc4)[C@H]21)C3(C)C. The molecule has 2 amide bonds. The van der Waals surface area contributed by atoms with Crippen LogP contribution in [0.15, 0.2) is 144 Å². The number of ether oxygens (including phenoxy) is 10. The second-order valence-corrected chi connectivity index (χ2v) is 35.1. The number of nitrogens with one attached hydrogen (secondary N) is 2.